The number of benzene rings is 1. The van der Waals surface area contributed by atoms with Gasteiger partial charge in [-0.05, 0) is 31.0 Å². The van der Waals surface area contributed by atoms with Gasteiger partial charge in [0.15, 0.2) is 0 Å². The van der Waals surface area contributed by atoms with Gasteiger partial charge >= 0.3 is 0 Å². The minimum absolute atomic E-state index is 0.0219. The van der Waals surface area contributed by atoms with Crippen LogP contribution in [0.5, 0.6) is 5.75 Å². The predicted molar refractivity (Wildman–Crippen MR) is 72.4 cm³/mol. The number of likely N-dealkylation sites (N-methyl/N-ethyl adjacent to an activating group) is 1. The third-order valence-electron chi connectivity index (χ3n) is 2.79. The van der Waals surface area contributed by atoms with Crippen LogP contribution in [0, 0.1) is 0 Å². The molecule has 0 unspecified atom stereocenters. The van der Waals surface area contributed by atoms with Crippen molar-refractivity contribution in [2.45, 2.75) is 32.9 Å². The Balaban J connectivity index is 2.59. The van der Waals surface area contributed by atoms with Crippen molar-refractivity contribution >= 4 is 5.91 Å². The highest BCUT2D eigenvalue weighted by Gasteiger charge is 2.15. The molecule has 1 aromatic rings. The fourth-order valence-corrected chi connectivity index (χ4v) is 1.67. The summed E-state index contributed by atoms with van der Waals surface area (Å²) < 4.78 is 5.37. The number of nitrogens with zero attached hydrogens (tertiary/aromatic N) is 1. The van der Waals surface area contributed by atoms with Gasteiger partial charge in [-0.15, -0.1) is 0 Å². The van der Waals surface area contributed by atoms with E-state index in [0.29, 0.717) is 19.6 Å². The average Bonchev–Trinajstić information content (AvgIpc) is 2.39. The molecule has 1 aromatic carbocycles. The number of nitrogens with two attached hydrogens (primary N) is 1. The summed E-state index contributed by atoms with van der Waals surface area (Å²) in [6.45, 7) is 5.09. The van der Waals surface area contributed by atoms with Gasteiger partial charge in [-0.3, -0.25) is 4.79 Å². The molecule has 0 heterocycles. The van der Waals surface area contributed by atoms with Gasteiger partial charge in [-0.25, -0.2) is 0 Å². The standard InChI is InChI=1S/C14H22N2O2/c1-4-13(15)14(17)16(3)10-11-6-8-12(9-7-11)18-5-2/h6-9,13H,4-5,10,15H2,1-3H3/t13-/m0/s1. The van der Waals surface area contributed by atoms with Crippen LogP contribution in [0.25, 0.3) is 0 Å². The Morgan fingerprint density at radius 3 is 2.44 bits per heavy atom. The van der Waals surface area contributed by atoms with Crippen molar-refractivity contribution < 1.29 is 9.53 Å². The van der Waals surface area contributed by atoms with Gasteiger partial charge in [0.2, 0.25) is 5.91 Å². The van der Waals surface area contributed by atoms with Crippen molar-refractivity contribution in [2.24, 2.45) is 5.73 Å². The van der Waals surface area contributed by atoms with Crippen molar-refractivity contribution in [3.8, 4) is 5.75 Å². The lowest BCUT2D eigenvalue weighted by Crippen LogP contribution is -2.40. The maximum absolute atomic E-state index is 11.8. The first-order chi connectivity index (χ1) is 8.58. The molecule has 0 bridgehead atoms. The third kappa shape index (κ3) is 4.04. The van der Waals surface area contributed by atoms with Crippen molar-refractivity contribution in [1.29, 1.82) is 0 Å². The fraction of sp³-hybridized carbons (Fsp3) is 0.500. The first-order valence-corrected chi connectivity index (χ1v) is 6.30. The van der Waals surface area contributed by atoms with Crippen LogP contribution in [0.2, 0.25) is 0 Å². The van der Waals surface area contributed by atoms with E-state index in [2.05, 4.69) is 0 Å². The summed E-state index contributed by atoms with van der Waals surface area (Å²) in [5.74, 6) is 0.826. The van der Waals surface area contributed by atoms with Crippen molar-refractivity contribution in [3.63, 3.8) is 0 Å². The Kier molecular flexibility index (Phi) is 5.65. The summed E-state index contributed by atoms with van der Waals surface area (Å²) in [5, 5.41) is 0. The summed E-state index contributed by atoms with van der Waals surface area (Å²) in [7, 11) is 1.77. The molecule has 4 heteroatoms. The van der Waals surface area contributed by atoms with Gasteiger partial charge in [0.05, 0.1) is 12.6 Å². The molecule has 0 aliphatic rings. The van der Waals surface area contributed by atoms with Crippen LogP contribution in [-0.2, 0) is 11.3 Å². The molecule has 100 valence electrons. The quantitative estimate of drug-likeness (QED) is 0.837. The lowest BCUT2D eigenvalue weighted by Gasteiger charge is -2.20. The van der Waals surface area contributed by atoms with Gasteiger partial charge in [0, 0.05) is 13.6 Å². The summed E-state index contributed by atoms with van der Waals surface area (Å²) in [5.41, 5.74) is 6.79. The van der Waals surface area contributed by atoms with E-state index >= 15 is 0 Å². The van der Waals surface area contributed by atoms with E-state index in [0.717, 1.165) is 11.3 Å². The minimum Gasteiger partial charge on any atom is -0.494 e. The van der Waals surface area contributed by atoms with Crippen LogP contribution >= 0.6 is 0 Å². The van der Waals surface area contributed by atoms with E-state index in [1.54, 1.807) is 11.9 Å². The summed E-state index contributed by atoms with van der Waals surface area (Å²) >= 11 is 0. The fourth-order valence-electron chi connectivity index (χ4n) is 1.67. The normalized spacial score (nSPS) is 12.0. The molecule has 0 radical (unpaired) electrons. The highest BCUT2D eigenvalue weighted by Crippen LogP contribution is 2.13. The molecule has 0 saturated carbocycles. The van der Waals surface area contributed by atoms with Crippen LogP contribution in [0.15, 0.2) is 24.3 Å². The van der Waals surface area contributed by atoms with E-state index in [9.17, 15) is 4.79 Å². The summed E-state index contributed by atoms with van der Waals surface area (Å²) in [4.78, 5) is 13.5. The number of ether oxygens (including phenoxy) is 1. The van der Waals surface area contributed by atoms with Crippen LogP contribution in [0.3, 0.4) is 0 Å². The molecule has 1 rings (SSSR count). The van der Waals surface area contributed by atoms with Gasteiger partial charge in [-0.2, -0.15) is 0 Å². The smallest absolute Gasteiger partial charge is 0.239 e. The minimum atomic E-state index is -0.405. The molecule has 0 aromatic heterocycles. The monoisotopic (exact) mass is 250 g/mol. The van der Waals surface area contributed by atoms with Crippen molar-refractivity contribution in [1.82, 2.24) is 4.90 Å². The Hall–Kier alpha value is -1.55. The second-order valence-electron chi connectivity index (χ2n) is 4.29. The third-order valence-corrected chi connectivity index (χ3v) is 2.79. The molecule has 0 aliphatic heterocycles. The van der Waals surface area contributed by atoms with E-state index < -0.39 is 6.04 Å². The van der Waals surface area contributed by atoms with Gasteiger partial charge in [-0.1, -0.05) is 19.1 Å². The van der Waals surface area contributed by atoms with E-state index in [1.807, 2.05) is 38.1 Å². The molecular weight excluding hydrogens is 228 g/mol. The molecule has 1 atom stereocenters. The SMILES string of the molecule is CCOc1ccc(CN(C)C(=O)[C@@H](N)CC)cc1. The summed E-state index contributed by atoms with van der Waals surface area (Å²) in [6.07, 6.45) is 0.659. The largest absolute Gasteiger partial charge is 0.494 e. The average molecular weight is 250 g/mol. The number of hydrogen-bond donors (Lipinski definition) is 1. The van der Waals surface area contributed by atoms with Crippen LogP contribution in [0.4, 0.5) is 0 Å². The number of carbonyl (C=O) groups is 1. The number of carbonyl (C=O) groups excluding carboxylic acids is 1. The topological polar surface area (TPSA) is 55.6 Å². The highest BCUT2D eigenvalue weighted by atomic mass is 16.5. The molecule has 4 nitrogen and oxygen atoms in total. The lowest BCUT2D eigenvalue weighted by molar-refractivity contribution is -0.131. The molecule has 0 saturated heterocycles. The Morgan fingerprint density at radius 1 is 1.33 bits per heavy atom. The van der Waals surface area contributed by atoms with Crippen molar-refractivity contribution in [2.75, 3.05) is 13.7 Å². The molecule has 18 heavy (non-hydrogen) atoms. The van der Waals surface area contributed by atoms with Gasteiger partial charge in [0.25, 0.3) is 0 Å². The Bertz CT molecular complexity index is 376. The first kappa shape index (κ1) is 14.5. The van der Waals surface area contributed by atoms with Crippen molar-refractivity contribution in [3.05, 3.63) is 29.8 Å². The molecule has 0 spiro atoms. The zero-order valence-corrected chi connectivity index (χ0v) is 11.3. The van der Waals surface area contributed by atoms with E-state index in [1.165, 1.54) is 0 Å². The maximum Gasteiger partial charge on any atom is 0.239 e. The van der Waals surface area contributed by atoms with E-state index in [-0.39, 0.29) is 5.91 Å². The number of rotatable bonds is 6. The van der Waals surface area contributed by atoms with Gasteiger partial charge < -0.3 is 15.4 Å². The molecular formula is C14H22N2O2. The number of amides is 1. The predicted octanol–water partition coefficient (Wildman–Crippen LogP) is 1.78. The highest BCUT2D eigenvalue weighted by molar-refractivity contribution is 5.81. The first-order valence-electron chi connectivity index (χ1n) is 6.30. The summed E-state index contributed by atoms with van der Waals surface area (Å²) in [6, 6.07) is 7.35. The number of hydrogen-bond acceptors (Lipinski definition) is 3. The molecule has 1 amide bonds. The second-order valence-corrected chi connectivity index (χ2v) is 4.29. The Morgan fingerprint density at radius 2 is 1.94 bits per heavy atom. The second kappa shape index (κ2) is 7.01. The van der Waals surface area contributed by atoms with Crippen LogP contribution in [-0.4, -0.2) is 30.5 Å². The van der Waals surface area contributed by atoms with E-state index in [4.69, 9.17) is 10.5 Å². The van der Waals surface area contributed by atoms with Crippen LogP contribution in [0.1, 0.15) is 25.8 Å². The Labute approximate surface area is 109 Å². The molecule has 0 aliphatic carbocycles. The maximum atomic E-state index is 11.8. The van der Waals surface area contributed by atoms with Crippen LogP contribution < -0.4 is 10.5 Å². The van der Waals surface area contributed by atoms with Gasteiger partial charge in [0.1, 0.15) is 5.75 Å². The zero-order chi connectivity index (χ0) is 13.5. The lowest BCUT2D eigenvalue weighted by atomic mass is 10.1. The zero-order valence-electron chi connectivity index (χ0n) is 11.3. The molecule has 0 fully saturated rings. The molecule has 2 N–H and O–H groups in total.